The molecule has 2 N–H and O–H groups in total. The molecule has 1 aromatic rings. The van der Waals surface area contributed by atoms with Gasteiger partial charge in [-0.1, -0.05) is 19.1 Å². The van der Waals surface area contributed by atoms with Crippen LogP contribution in [0.4, 0.5) is 5.69 Å². The molecule has 0 aromatic heterocycles. The van der Waals surface area contributed by atoms with Crippen LogP contribution in [0.5, 0.6) is 0 Å². The largest absolute Gasteiger partial charge is 0.399 e. The molecule has 1 aromatic carbocycles. The normalized spacial score (nSPS) is 18.1. The van der Waals surface area contributed by atoms with E-state index in [1.54, 1.807) is 0 Å². The van der Waals surface area contributed by atoms with Gasteiger partial charge >= 0.3 is 0 Å². The van der Waals surface area contributed by atoms with Gasteiger partial charge in [-0.25, -0.2) is 0 Å². The molecule has 2 rings (SSSR count). The van der Waals surface area contributed by atoms with Gasteiger partial charge in [0.15, 0.2) is 0 Å². The lowest BCUT2D eigenvalue weighted by Crippen LogP contribution is -2.08. The lowest BCUT2D eigenvalue weighted by atomic mass is 9.98. The van der Waals surface area contributed by atoms with Crippen molar-refractivity contribution in [1.29, 1.82) is 0 Å². The Kier molecular flexibility index (Phi) is 2.46. The van der Waals surface area contributed by atoms with Crippen LogP contribution in [0.15, 0.2) is 18.2 Å². The first-order valence-corrected chi connectivity index (χ1v) is 5.25. The maximum absolute atomic E-state index is 5.79. The van der Waals surface area contributed by atoms with E-state index in [9.17, 15) is 0 Å². The number of hydrogen-bond donors (Lipinski definition) is 1. The summed E-state index contributed by atoms with van der Waals surface area (Å²) in [6.07, 6.45) is 0. The smallest absolute Gasteiger partial charge is 0.0343 e. The van der Waals surface area contributed by atoms with E-state index in [1.807, 2.05) is 6.07 Å². The van der Waals surface area contributed by atoms with Crippen LogP contribution >= 0.6 is 0 Å². The molecule has 1 fully saturated rings. The van der Waals surface area contributed by atoms with E-state index in [-0.39, 0.29) is 0 Å². The highest BCUT2D eigenvalue weighted by atomic mass is 15.3. The Bertz CT molecular complexity index is 329. The minimum atomic E-state index is 0.622. The predicted molar refractivity (Wildman–Crippen MR) is 60.4 cm³/mol. The van der Waals surface area contributed by atoms with Crippen molar-refractivity contribution in [2.24, 2.45) is 0 Å². The molecular weight excluding hydrogens is 172 g/mol. The Morgan fingerprint density at radius 3 is 2.71 bits per heavy atom. The molecule has 14 heavy (non-hydrogen) atoms. The van der Waals surface area contributed by atoms with Crippen molar-refractivity contribution in [1.82, 2.24) is 4.90 Å². The van der Waals surface area contributed by atoms with Gasteiger partial charge in [-0.3, -0.25) is 0 Å². The van der Waals surface area contributed by atoms with E-state index in [0.717, 1.165) is 5.69 Å². The zero-order valence-electron chi connectivity index (χ0n) is 8.96. The molecule has 0 spiro atoms. The van der Waals surface area contributed by atoms with E-state index in [1.165, 1.54) is 30.8 Å². The molecule has 0 saturated carbocycles. The molecule has 2 nitrogen and oxygen atoms in total. The average molecular weight is 190 g/mol. The summed E-state index contributed by atoms with van der Waals surface area (Å²) in [7, 11) is 0. The van der Waals surface area contributed by atoms with Gasteiger partial charge in [0.2, 0.25) is 0 Å². The third kappa shape index (κ3) is 2.07. The predicted octanol–water partition coefficient (Wildman–Crippen LogP) is 2.00. The third-order valence-corrected chi connectivity index (χ3v) is 2.93. The van der Waals surface area contributed by atoms with Crippen LogP contribution in [-0.2, 0) is 0 Å². The highest BCUT2D eigenvalue weighted by molar-refractivity contribution is 5.48. The SMILES string of the molecule is Cc1cc(C(C)CN2CC2)ccc1N. The first-order chi connectivity index (χ1) is 6.66. The zero-order chi connectivity index (χ0) is 10.1. The highest BCUT2D eigenvalue weighted by Gasteiger charge is 2.20. The van der Waals surface area contributed by atoms with Gasteiger partial charge in [0.05, 0.1) is 0 Å². The molecule has 0 amide bonds. The maximum atomic E-state index is 5.79. The second-order valence-corrected chi connectivity index (χ2v) is 4.32. The minimum absolute atomic E-state index is 0.622. The Balaban J connectivity index is 2.10. The summed E-state index contributed by atoms with van der Waals surface area (Å²) in [4.78, 5) is 2.45. The number of nitrogen functional groups attached to an aromatic ring is 1. The molecule has 0 radical (unpaired) electrons. The molecule has 1 unspecified atom stereocenters. The Morgan fingerprint density at radius 1 is 1.43 bits per heavy atom. The Labute approximate surface area is 85.7 Å². The van der Waals surface area contributed by atoms with Crippen molar-refractivity contribution < 1.29 is 0 Å². The van der Waals surface area contributed by atoms with Crippen molar-refractivity contribution in [3.8, 4) is 0 Å². The van der Waals surface area contributed by atoms with Crippen molar-refractivity contribution >= 4 is 5.69 Å². The maximum Gasteiger partial charge on any atom is 0.0343 e. The van der Waals surface area contributed by atoms with E-state index in [4.69, 9.17) is 5.73 Å². The van der Waals surface area contributed by atoms with Crippen LogP contribution in [-0.4, -0.2) is 24.5 Å². The van der Waals surface area contributed by atoms with Crippen LogP contribution in [0, 0.1) is 6.92 Å². The van der Waals surface area contributed by atoms with Gasteiger partial charge < -0.3 is 10.6 Å². The first kappa shape index (κ1) is 9.53. The van der Waals surface area contributed by atoms with Gasteiger partial charge in [0.1, 0.15) is 0 Å². The molecule has 76 valence electrons. The monoisotopic (exact) mass is 190 g/mol. The fourth-order valence-corrected chi connectivity index (χ4v) is 1.75. The van der Waals surface area contributed by atoms with Crippen LogP contribution in [0.25, 0.3) is 0 Å². The lowest BCUT2D eigenvalue weighted by Gasteiger charge is -2.13. The zero-order valence-corrected chi connectivity index (χ0v) is 8.96. The second-order valence-electron chi connectivity index (χ2n) is 4.32. The molecule has 1 saturated heterocycles. The van der Waals surface area contributed by atoms with Crippen LogP contribution in [0.1, 0.15) is 24.0 Å². The molecule has 0 aliphatic carbocycles. The summed E-state index contributed by atoms with van der Waals surface area (Å²) < 4.78 is 0. The molecule has 1 heterocycles. The van der Waals surface area contributed by atoms with Gasteiger partial charge in [0, 0.05) is 25.3 Å². The molecule has 2 heteroatoms. The van der Waals surface area contributed by atoms with Gasteiger partial charge in [-0.2, -0.15) is 0 Å². The van der Waals surface area contributed by atoms with Crippen LogP contribution in [0.3, 0.4) is 0 Å². The van der Waals surface area contributed by atoms with E-state index >= 15 is 0 Å². The standard InChI is InChI=1S/C12H18N2/c1-9-7-11(3-4-12(9)13)10(2)8-14-5-6-14/h3-4,7,10H,5-6,8,13H2,1-2H3. The molecule has 0 bridgehead atoms. The number of anilines is 1. The second kappa shape index (κ2) is 3.62. The topological polar surface area (TPSA) is 29.0 Å². The Morgan fingerprint density at radius 2 is 2.14 bits per heavy atom. The summed E-state index contributed by atoms with van der Waals surface area (Å²) in [5.41, 5.74) is 9.29. The summed E-state index contributed by atoms with van der Waals surface area (Å²) in [5.74, 6) is 0.622. The number of nitrogens with two attached hydrogens (primary N) is 1. The number of hydrogen-bond acceptors (Lipinski definition) is 2. The number of benzene rings is 1. The van der Waals surface area contributed by atoms with Gasteiger partial charge in [-0.05, 0) is 30.0 Å². The van der Waals surface area contributed by atoms with E-state index in [2.05, 4.69) is 30.9 Å². The Hall–Kier alpha value is -1.02. The van der Waals surface area contributed by atoms with Crippen molar-refractivity contribution in [2.75, 3.05) is 25.4 Å². The molecule has 1 aliphatic rings. The van der Waals surface area contributed by atoms with Crippen molar-refractivity contribution in [3.63, 3.8) is 0 Å². The van der Waals surface area contributed by atoms with Crippen LogP contribution < -0.4 is 5.73 Å². The summed E-state index contributed by atoms with van der Waals surface area (Å²) in [5, 5.41) is 0. The van der Waals surface area contributed by atoms with E-state index in [0.29, 0.717) is 5.92 Å². The van der Waals surface area contributed by atoms with Crippen LogP contribution in [0.2, 0.25) is 0 Å². The molecule has 1 aliphatic heterocycles. The lowest BCUT2D eigenvalue weighted by molar-refractivity contribution is 0.507. The average Bonchev–Trinajstić information content (AvgIpc) is 2.93. The molecule has 1 atom stereocenters. The van der Waals surface area contributed by atoms with Gasteiger partial charge in [-0.15, -0.1) is 0 Å². The fourth-order valence-electron chi connectivity index (χ4n) is 1.75. The minimum Gasteiger partial charge on any atom is -0.399 e. The quantitative estimate of drug-likeness (QED) is 0.583. The highest BCUT2D eigenvalue weighted by Crippen LogP contribution is 2.22. The first-order valence-electron chi connectivity index (χ1n) is 5.25. The number of aryl methyl sites for hydroxylation is 1. The van der Waals surface area contributed by atoms with Crippen molar-refractivity contribution in [3.05, 3.63) is 29.3 Å². The van der Waals surface area contributed by atoms with E-state index < -0.39 is 0 Å². The van der Waals surface area contributed by atoms with Crippen molar-refractivity contribution in [2.45, 2.75) is 19.8 Å². The molecular formula is C12H18N2. The summed E-state index contributed by atoms with van der Waals surface area (Å²) in [6.45, 7) is 8.09. The fraction of sp³-hybridized carbons (Fsp3) is 0.500. The van der Waals surface area contributed by atoms with Gasteiger partial charge in [0.25, 0.3) is 0 Å². The summed E-state index contributed by atoms with van der Waals surface area (Å²) >= 11 is 0. The third-order valence-electron chi connectivity index (χ3n) is 2.93. The summed E-state index contributed by atoms with van der Waals surface area (Å²) in [6, 6.07) is 6.38. The number of rotatable bonds is 3. The number of nitrogens with zero attached hydrogens (tertiary/aromatic N) is 1.